The predicted molar refractivity (Wildman–Crippen MR) is 145 cm³/mol. The molecule has 3 aromatic rings. The Kier molecular flexibility index (Phi) is 7.35. The number of rotatable bonds is 5. The first-order valence-corrected chi connectivity index (χ1v) is 13.4. The number of aromatic nitrogens is 3. The molecule has 1 aromatic carbocycles. The highest BCUT2D eigenvalue weighted by molar-refractivity contribution is 6.30. The number of aryl methyl sites for hydroxylation is 1. The lowest BCUT2D eigenvalue weighted by Crippen LogP contribution is -2.61. The van der Waals surface area contributed by atoms with Crippen LogP contribution in [0, 0.1) is 6.92 Å². The second-order valence-electron chi connectivity index (χ2n) is 10.0. The molecule has 2 aromatic heterocycles. The first-order valence-electron chi connectivity index (χ1n) is 13.0. The van der Waals surface area contributed by atoms with Gasteiger partial charge in [-0.1, -0.05) is 23.6 Å². The second kappa shape index (κ2) is 10.7. The molecule has 2 N–H and O–H groups in total. The number of hydrogen-bond acceptors (Lipinski definition) is 8. The molecule has 2 saturated heterocycles. The zero-order valence-corrected chi connectivity index (χ0v) is 22.4. The Bertz CT molecular complexity index is 1240. The summed E-state index contributed by atoms with van der Waals surface area (Å²) in [7, 11) is 0. The third-order valence-corrected chi connectivity index (χ3v) is 7.95. The number of halogens is 1. The van der Waals surface area contributed by atoms with E-state index in [1.54, 1.807) is 12.1 Å². The van der Waals surface area contributed by atoms with E-state index in [9.17, 15) is 4.79 Å². The summed E-state index contributed by atoms with van der Waals surface area (Å²) in [6.45, 7) is 10.0. The smallest absolute Gasteiger partial charge is 0.313 e. The van der Waals surface area contributed by atoms with Gasteiger partial charge in [0, 0.05) is 54.9 Å². The van der Waals surface area contributed by atoms with Crippen LogP contribution in [0.3, 0.4) is 0 Å². The Morgan fingerprint density at radius 1 is 1.11 bits per heavy atom. The zero-order chi connectivity index (χ0) is 26.1. The van der Waals surface area contributed by atoms with Crippen LogP contribution < -0.4 is 10.6 Å². The number of carbonyl (C=O) groups is 1. The number of likely N-dealkylation sites (tertiary alicyclic amines) is 1. The summed E-state index contributed by atoms with van der Waals surface area (Å²) in [6.07, 6.45) is 3.05. The van der Waals surface area contributed by atoms with Gasteiger partial charge in [-0.2, -0.15) is 0 Å². The van der Waals surface area contributed by atoms with E-state index in [2.05, 4.69) is 39.9 Å². The number of piperazine rings is 1. The lowest BCUT2D eigenvalue weighted by molar-refractivity contribution is 0.0436. The molecule has 37 heavy (non-hydrogen) atoms. The van der Waals surface area contributed by atoms with Crippen molar-refractivity contribution in [2.45, 2.75) is 58.2 Å². The normalized spacial score (nSPS) is 21.4. The highest BCUT2D eigenvalue weighted by Gasteiger charge is 2.37. The van der Waals surface area contributed by atoms with Crippen molar-refractivity contribution in [3.05, 3.63) is 52.7 Å². The van der Waals surface area contributed by atoms with Gasteiger partial charge in [0.05, 0.1) is 11.4 Å². The molecule has 10 heteroatoms. The van der Waals surface area contributed by atoms with E-state index in [0.717, 1.165) is 56.8 Å². The van der Waals surface area contributed by atoms with Crippen LogP contribution in [0.4, 0.5) is 11.7 Å². The summed E-state index contributed by atoms with van der Waals surface area (Å²) in [5.41, 5.74) is 8.96. The Morgan fingerprint density at radius 3 is 2.46 bits per heavy atom. The average Bonchev–Trinajstić information content (AvgIpc) is 3.35. The first-order chi connectivity index (χ1) is 17.8. The minimum absolute atomic E-state index is 0.0363. The molecular weight excluding hydrogens is 490 g/mol. The fourth-order valence-corrected chi connectivity index (χ4v) is 5.83. The van der Waals surface area contributed by atoms with Crippen molar-refractivity contribution in [2.75, 3.05) is 36.8 Å². The molecule has 2 atom stereocenters. The molecule has 0 saturated carbocycles. The Morgan fingerprint density at radius 2 is 1.84 bits per heavy atom. The number of nitrogen functional groups attached to an aromatic ring is 1. The summed E-state index contributed by atoms with van der Waals surface area (Å²) < 4.78 is 5.34. The third-order valence-electron chi connectivity index (χ3n) is 7.69. The number of piperidine rings is 1. The number of nitrogens with zero attached hydrogens (tertiary/aromatic N) is 6. The highest BCUT2D eigenvalue weighted by atomic mass is 35.5. The van der Waals surface area contributed by atoms with E-state index in [-0.39, 0.29) is 11.9 Å². The fourth-order valence-electron chi connectivity index (χ4n) is 5.70. The molecule has 0 radical (unpaired) electrons. The number of pyridine rings is 1. The largest absolute Gasteiger partial charge is 0.402 e. The summed E-state index contributed by atoms with van der Waals surface area (Å²) in [5.74, 6) is 0.423. The van der Waals surface area contributed by atoms with Crippen LogP contribution in [0.1, 0.15) is 49.2 Å². The van der Waals surface area contributed by atoms with Crippen molar-refractivity contribution in [1.29, 1.82) is 0 Å². The number of hydrogen-bond donors (Lipinski definition) is 1. The lowest BCUT2D eigenvalue weighted by Gasteiger charge is -2.51. The van der Waals surface area contributed by atoms with Gasteiger partial charge < -0.3 is 20.0 Å². The molecule has 9 nitrogen and oxygen atoms in total. The van der Waals surface area contributed by atoms with Gasteiger partial charge in [-0.25, -0.2) is 4.98 Å². The van der Waals surface area contributed by atoms with Gasteiger partial charge in [0.25, 0.3) is 11.8 Å². The highest BCUT2D eigenvalue weighted by Crippen LogP contribution is 2.31. The van der Waals surface area contributed by atoms with Gasteiger partial charge >= 0.3 is 6.01 Å². The third kappa shape index (κ3) is 5.29. The van der Waals surface area contributed by atoms with Crippen LogP contribution in [-0.4, -0.2) is 75.2 Å². The summed E-state index contributed by atoms with van der Waals surface area (Å²) >= 11 is 5.99. The van der Waals surface area contributed by atoms with Gasteiger partial charge in [0.15, 0.2) is 0 Å². The minimum Gasteiger partial charge on any atom is -0.402 e. The maximum atomic E-state index is 13.0. The summed E-state index contributed by atoms with van der Waals surface area (Å²) in [6, 6.07) is 12.5. The monoisotopic (exact) mass is 523 g/mol. The Labute approximate surface area is 222 Å². The van der Waals surface area contributed by atoms with Gasteiger partial charge in [-0.3, -0.25) is 9.69 Å². The van der Waals surface area contributed by atoms with E-state index in [0.29, 0.717) is 40.3 Å². The molecule has 2 fully saturated rings. The minimum atomic E-state index is 0.0363. The molecule has 2 aliphatic heterocycles. The van der Waals surface area contributed by atoms with Crippen LogP contribution in [-0.2, 0) is 0 Å². The predicted octanol–water partition coefficient (Wildman–Crippen LogP) is 4.27. The number of carbonyl (C=O) groups excluding carboxylic acids is 1. The molecule has 4 heterocycles. The standard InChI is InChI=1S/C27H34ClN7O2/c1-4-21-16-34(24-10-9-23(30-18(24)3)25-31-32-27(29)37-25)17(2)15-35(21)22-11-13-33(14-12-22)26(36)19-5-7-20(28)8-6-19/h5-10,17,21-22H,4,11-16H2,1-3H3,(H2,29,32)/t17-,21+/m1/s1. The first kappa shape index (κ1) is 25.5. The second-order valence-corrected chi connectivity index (χ2v) is 10.5. The van der Waals surface area contributed by atoms with Crippen LogP contribution >= 0.6 is 11.6 Å². The lowest BCUT2D eigenvalue weighted by atomic mass is 9.95. The molecule has 5 rings (SSSR count). The number of benzene rings is 1. The van der Waals surface area contributed by atoms with Crippen molar-refractivity contribution < 1.29 is 9.21 Å². The van der Waals surface area contributed by atoms with Gasteiger partial charge in [-0.15, -0.1) is 5.10 Å². The average molecular weight is 524 g/mol. The molecule has 0 unspecified atom stereocenters. The molecule has 0 spiro atoms. The van der Waals surface area contributed by atoms with E-state index >= 15 is 0 Å². The van der Waals surface area contributed by atoms with Gasteiger partial charge in [0.1, 0.15) is 5.69 Å². The molecular formula is C27H34ClN7O2. The fraction of sp³-hybridized carbons (Fsp3) is 0.481. The van der Waals surface area contributed by atoms with Crippen molar-refractivity contribution in [2.24, 2.45) is 0 Å². The molecule has 196 valence electrons. The van der Waals surface area contributed by atoms with Crippen LogP contribution in [0.5, 0.6) is 0 Å². The van der Waals surface area contributed by atoms with Crippen LogP contribution in [0.25, 0.3) is 11.6 Å². The number of anilines is 2. The maximum absolute atomic E-state index is 13.0. The van der Waals surface area contributed by atoms with E-state index in [1.807, 2.05) is 30.0 Å². The van der Waals surface area contributed by atoms with Crippen molar-refractivity contribution in [3.63, 3.8) is 0 Å². The van der Waals surface area contributed by atoms with Crippen LogP contribution in [0.15, 0.2) is 40.8 Å². The van der Waals surface area contributed by atoms with Gasteiger partial charge in [0.2, 0.25) is 0 Å². The van der Waals surface area contributed by atoms with Crippen molar-refractivity contribution in [3.8, 4) is 11.6 Å². The van der Waals surface area contributed by atoms with E-state index < -0.39 is 0 Å². The Hall–Kier alpha value is -3.17. The van der Waals surface area contributed by atoms with E-state index in [1.165, 1.54) is 0 Å². The zero-order valence-electron chi connectivity index (χ0n) is 21.6. The number of nitrogens with two attached hydrogens (primary N) is 1. The van der Waals surface area contributed by atoms with Crippen LogP contribution in [0.2, 0.25) is 5.02 Å². The topological polar surface area (TPSA) is 105 Å². The maximum Gasteiger partial charge on any atom is 0.313 e. The molecule has 1 amide bonds. The Balaban J connectivity index is 1.24. The molecule has 0 bridgehead atoms. The quantitative estimate of drug-likeness (QED) is 0.528. The summed E-state index contributed by atoms with van der Waals surface area (Å²) in [5, 5.41) is 8.33. The summed E-state index contributed by atoms with van der Waals surface area (Å²) in [4.78, 5) is 24.8. The van der Waals surface area contributed by atoms with Crippen molar-refractivity contribution in [1.82, 2.24) is 25.0 Å². The van der Waals surface area contributed by atoms with Crippen molar-refractivity contribution >= 4 is 29.2 Å². The molecule has 0 aliphatic carbocycles. The number of amides is 1. The van der Waals surface area contributed by atoms with E-state index in [4.69, 9.17) is 26.7 Å². The SMILES string of the molecule is CC[C@H]1CN(c2ccc(-c3nnc(N)o3)nc2C)[C@H](C)CN1C1CCN(C(=O)c2ccc(Cl)cc2)CC1. The van der Waals surface area contributed by atoms with Gasteiger partial charge in [-0.05, 0) is 69.5 Å². The molecule has 2 aliphatic rings.